The van der Waals surface area contributed by atoms with Crippen molar-refractivity contribution in [2.45, 2.75) is 51.3 Å². The third-order valence-electron chi connectivity index (χ3n) is 6.95. The van der Waals surface area contributed by atoms with Crippen LogP contribution in [-0.4, -0.2) is 34.9 Å². The number of aromatic amines is 1. The SMILES string of the molecule is CCCC(c1ccc(C(=O)NCCC(=O)O)cc1)C(c1ccc(OC(F)(F)F)cc1)c1c[nH]c2c(F)cc(C)cc12. The maximum atomic E-state index is 14.8. The van der Waals surface area contributed by atoms with Crippen molar-refractivity contribution in [3.05, 3.63) is 100 Å². The lowest BCUT2D eigenvalue weighted by atomic mass is 9.75. The first-order valence-corrected chi connectivity index (χ1v) is 13.2. The lowest BCUT2D eigenvalue weighted by molar-refractivity contribution is -0.274. The standard InChI is InChI=1S/C31H30F4N2O4/c1-3-4-23(19-5-7-21(8-6-19)30(40)36-14-13-27(38)39)28(20-9-11-22(12-10-20)41-31(33,34)35)25-17-37-29-24(25)15-18(2)16-26(29)32/h5-12,15-17,23,28,37H,3-4,13-14H2,1-2H3,(H,36,40)(H,38,39). The van der Waals surface area contributed by atoms with E-state index in [1.54, 1.807) is 37.4 Å². The molecule has 0 aliphatic rings. The second-order valence-electron chi connectivity index (χ2n) is 9.92. The number of fused-ring (bicyclic) bond motifs is 1. The van der Waals surface area contributed by atoms with E-state index in [4.69, 9.17) is 5.11 Å². The molecule has 216 valence electrons. The molecule has 3 N–H and O–H groups in total. The van der Waals surface area contributed by atoms with Gasteiger partial charge in [-0.3, -0.25) is 9.59 Å². The Hall–Kier alpha value is -4.34. The van der Waals surface area contributed by atoms with E-state index in [0.717, 1.165) is 28.7 Å². The molecule has 0 fully saturated rings. The van der Waals surface area contributed by atoms with Crippen LogP contribution in [0.15, 0.2) is 66.9 Å². The molecule has 10 heteroatoms. The molecule has 3 aromatic carbocycles. The Morgan fingerprint density at radius 3 is 2.29 bits per heavy atom. The summed E-state index contributed by atoms with van der Waals surface area (Å²) in [5, 5.41) is 12.1. The topological polar surface area (TPSA) is 91.4 Å². The quantitative estimate of drug-likeness (QED) is 0.164. The van der Waals surface area contributed by atoms with E-state index in [0.29, 0.717) is 22.9 Å². The molecule has 0 saturated heterocycles. The predicted molar refractivity (Wildman–Crippen MR) is 147 cm³/mol. The molecule has 41 heavy (non-hydrogen) atoms. The number of alkyl halides is 3. The Balaban J connectivity index is 1.76. The lowest BCUT2D eigenvalue weighted by Gasteiger charge is -2.29. The Morgan fingerprint density at radius 1 is 1.02 bits per heavy atom. The second kappa shape index (κ2) is 12.4. The van der Waals surface area contributed by atoms with Gasteiger partial charge < -0.3 is 20.1 Å². The van der Waals surface area contributed by atoms with Crippen LogP contribution in [0.4, 0.5) is 17.6 Å². The molecular weight excluding hydrogens is 540 g/mol. The number of H-pyrrole nitrogens is 1. The van der Waals surface area contributed by atoms with Crippen LogP contribution in [0.5, 0.6) is 5.75 Å². The Bertz CT molecular complexity index is 1510. The van der Waals surface area contributed by atoms with E-state index in [1.807, 2.05) is 25.1 Å². The summed E-state index contributed by atoms with van der Waals surface area (Å²) in [6, 6.07) is 16.0. The molecule has 0 aliphatic heterocycles. The van der Waals surface area contributed by atoms with Gasteiger partial charge in [0, 0.05) is 29.6 Å². The van der Waals surface area contributed by atoms with Gasteiger partial charge in [-0.1, -0.05) is 37.6 Å². The largest absolute Gasteiger partial charge is 0.573 e. The van der Waals surface area contributed by atoms with E-state index in [9.17, 15) is 27.2 Å². The molecule has 1 heterocycles. The van der Waals surface area contributed by atoms with E-state index in [1.165, 1.54) is 18.2 Å². The maximum absolute atomic E-state index is 14.8. The molecule has 2 unspecified atom stereocenters. The number of ether oxygens (including phenoxy) is 1. The molecule has 0 bridgehead atoms. The predicted octanol–water partition coefficient (Wildman–Crippen LogP) is 7.43. The van der Waals surface area contributed by atoms with Gasteiger partial charge in [-0.25, -0.2) is 4.39 Å². The number of hydrogen-bond donors (Lipinski definition) is 3. The van der Waals surface area contributed by atoms with Crippen LogP contribution in [0.2, 0.25) is 0 Å². The molecule has 6 nitrogen and oxygen atoms in total. The number of aliphatic carboxylic acids is 1. The van der Waals surface area contributed by atoms with Gasteiger partial charge in [-0.05, 0) is 77.9 Å². The van der Waals surface area contributed by atoms with Gasteiger partial charge in [0.05, 0.1) is 11.9 Å². The molecule has 0 saturated carbocycles. The monoisotopic (exact) mass is 570 g/mol. The molecule has 4 rings (SSSR count). The fourth-order valence-electron chi connectivity index (χ4n) is 5.21. The smallest absolute Gasteiger partial charge is 0.481 e. The van der Waals surface area contributed by atoms with E-state index < -0.39 is 24.1 Å². The average Bonchev–Trinajstić information content (AvgIpc) is 3.32. The number of amides is 1. The van der Waals surface area contributed by atoms with Crippen molar-refractivity contribution < 1.29 is 37.0 Å². The summed E-state index contributed by atoms with van der Waals surface area (Å²) in [6.07, 6.45) is -1.80. The number of hydrogen-bond acceptors (Lipinski definition) is 3. The van der Waals surface area contributed by atoms with Gasteiger partial charge in [0.25, 0.3) is 5.91 Å². The van der Waals surface area contributed by atoms with Crippen LogP contribution in [-0.2, 0) is 4.79 Å². The zero-order chi connectivity index (χ0) is 29.7. The van der Waals surface area contributed by atoms with E-state index in [2.05, 4.69) is 15.0 Å². The minimum Gasteiger partial charge on any atom is -0.481 e. The van der Waals surface area contributed by atoms with Crippen LogP contribution in [0.25, 0.3) is 10.9 Å². The number of rotatable bonds is 11. The molecule has 2 atom stereocenters. The summed E-state index contributed by atoms with van der Waals surface area (Å²) in [6.45, 7) is 3.82. The number of halogens is 4. The Morgan fingerprint density at radius 2 is 1.68 bits per heavy atom. The Kier molecular flexibility index (Phi) is 9.00. The third-order valence-corrected chi connectivity index (χ3v) is 6.95. The molecule has 0 radical (unpaired) electrons. The highest BCUT2D eigenvalue weighted by molar-refractivity contribution is 5.94. The molecule has 4 aromatic rings. The lowest BCUT2D eigenvalue weighted by Crippen LogP contribution is -2.26. The van der Waals surface area contributed by atoms with E-state index in [-0.39, 0.29) is 30.6 Å². The zero-order valence-electron chi connectivity index (χ0n) is 22.5. The summed E-state index contributed by atoms with van der Waals surface area (Å²) in [5.74, 6) is -2.71. The van der Waals surface area contributed by atoms with Crippen molar-refractivity contribution in [3.63, 3.8) is 0 Å². The first-order valence-electron chi connectivity index (χ1n) is 13.2. The molecule has 1 amide bonds. The fourth-order valence-corrected chi connectivity index (χ4v) is 5.21. The van der Waals surface area contributed by atoms with Gasteiger partial charge in [0.2, 0.25) is 0 Å². The number of carbonyl (C=O) groups is 2. The number of carboxylic acids is 1. The number of aromatic nitrogens is 1. The summed E-state index contributed by atoms with van der Waals surface area (Å²) >= 11 is 0. The zero-order valence-corrected chi connectivity index (χ0v) is 22.5. The number of carboxylic acid groups (broad SMARTS) is 1. The van der Waals surface area contributed by atoms with E-state index >= 15 is 0 Å². The van der Waals surface area contributed by atoms with Gasteiger partial charge >= 0.3 is 12.3 Å². The molecular formula is C31H30F4N2O4. The van der Waals surface area contributed by atoms with Crippen LogP contribution >= 0.6 is 0 Å². The third kappa shape index (κ3) is 7.25. The minimum atomic E-state index is -4.82. The molecule has 0 aliphatic carbocycles. The average molecular weight is 571 g/mol. The van der Waals surface area contributed by atoms with Crippen molar-refractivity contribution in [2.75, 3.05) is 6.54 Å². The highest BCUT2D eigenvalue weighted by atomic mass is 19.4. The first-order chi connectivity index (χ1) is 19.5. The summed E-state index contributed by atoms with van der Waals surface area (Å²) in [4.78, 5) is 26.3. The van der Waals surface area contributed by atoms with Crippen LogP contribution < -0.4 is 10.1 Å². The fraction of sp³-hybridized carbons (Fsp3) is 0.290. The van der Waals surface area contributed by atoms with Gasteiger partial charge in [0.15, 0.2) is 0 Å². The number of carbonyl (C=O) groups excluding carboxylic acids is 1. The first kappa shape index (κ1) is 29.6. The van der Waals surface area contributed by atoms with Crippen molar-refractivity contribution in [1.29, 1.82) is 0 Å². The maximum Gasteiger partial charge on any atom is 0.573 e. The summed E-state index contributed by atoms with van der Waals surface area (Å²) in [7, 11) is 0. The van der Waals surface area contributed by atoms with Crippen molar-refractivity contribution in [2.24, 2.45) is 0 Å². The van der Waals surface area contributed by atoms with Gasteiger partial charge in [-0.15, -0.1) is 13.2 Å². The number of aryl methyl sites for hydroxylation is 1. The highest BCUT2D eigenvalue weighted by Crippen LogP contribution is 2.44. The second-order valence-corrected chi connectivity index (χ2v) is 9.92. The van der Waals surface area contributed by atoms with Gasteiger partial charge in [0.1, 0.15) is 11.6 Å². The summed E-state index contributed by atoms with van der Waals surface area (Å²) in [5.41, 5.74) is 3.84. The van der Waals surface area contributed by atoms with Crippen molar-refractivity contribution >= 4 is 22.8 Å². The van der Waals surface area contributed by atoms with Crippen LogP contribution in [0.1, 0.15) is 70.6 Å². The van der Waals surface area contributed by atoms with Crippen LogP contribution in [0, 0.1) is 12.7 Å². The van der Waals surface area contributed by atoms with Crippen molar-refractivity contribution in [3.8, 4) is 5.75 Å². The Labute approximate surface area is 234 Å². The molecule has 1 aromatic heterocycles. The molecule has 0 spiro atoms. The number of nitrogens with one attached hydrogen (secondary N) is 2. The van der Waals surface area contributed by atoms with Crippen molar-refractivity contribution in [1.82, 2.24) is 10.3 Å². The normalized spacial score (nSPS) is 13.1. The number of benzene rings is 3. The van der Waals surface area contributed by atoms with Gasteiger partial charge in [-0.2, -0.15) is 0 Å². The van der Waals surface area contributed by atoms with Crippen LogP contribution in [0.3, 0.4) is 0 Å². The summed E-state index contributed by atoms with van der Waals surface area (Å²) < 4.78 is 57.3. The highest BCUT2D eigenvalue weighted by Gasteiger charge is 2.32. The minimum absolute atomic E-state index is 0.00103.